The third kappa shape index (κ3) is 2.71. The van der Waals surface area contributed by atoms with E-state index in [0.717, 1.165) is 22.6 Å². The third-order valence-corrected chi connectivity index (χ3v) is 5.82. The van der Waals surface area contributed by atoms with Crippen molar-refractivity contribution in [3.63, 3.8) is 0 Å². The minimum Gasteiger partial charge on any atom is -0.442 e. The Kier molecular flexibility index (Phi) is 4.49. The van der Waals surface area contributed by atoms with Gasteiger partial charge < -0.3 is 4.74 Å². The number of likely N-dealkylation sites (tertiary alicyclic amines) is 1. The summed E-state index contributed by atoms with van der Waals surface area (Å²) >= 11 is 0. The quantitative estimate of drug-likeness (QED) is 0.574. The van der Waals surface area contributed by atoms with E-state index in [1.807, 2.05) is 0 Å². The van der Waals surface area contributed by atoms with Crippen LogP contribution < -0.4 is 0 Å². The number of ether oxygens (including phenoxy) is 1. The average molecular weight is 384 g/mol. The molecule has 8 heteroatoms. The molecule has 0 N–H and O–H groups in total. The van der Waals surface area contributed by atoms with Crippen LogP contribution in [0.1, 0.15) is 53.3 Å². The van der Waals surface area contributed by atoms with E-state index in [9.17, 15) is 24.0 Å². The Labute approximate surface area is 161 Å². The highest BCUT2D eigenvalue weighted by Crippen LogP contribution is 2.39. The van der Waals surface area contributed by atoms with E-state index in [1.54, 1.807) is 12.1 Å². The predicted octanol–water partition coefficient (Wildman–Crippen LogP) is 1.35. The van der Waals surface area contributed by atoms with Crippen molar-refractivity contribution in [2.75, 3.05) is 6.73 Å². The summed E-state index contributed by atoms with van der Waals surface area (Å²) in [6.45, 7) is 0.871. The van der Waals surface area contributed by atoms with Crippen molar-refractivity contribution < 1.29 is 28.7 Å². The van der Waals surface area contributed by atoms with Crippen molar-refractivity contribution in [1.29, 1.82) is 0 Å². The van der Waals surface area contributed by atoms with Gasteiger partial charge in [-0.1, -0.05) is 25.0 Å². The summed E-state index contributed by atoms with van der Waals surface area (Å²) in [6.07, 6.45) is 3.10. The van der Waals surface area contributed by atoms with Gasteiger partial charge in [-0.25, -0.2) is 9.69 Å². The molecule has 3 aliphatic rings. The Morgan fingerprint density at radius 1 is 1.00 bits per heavy atom. The van der Waals surface area contributed by atoms with Crippen LogP contribution in [-0.2, 0) is 19.1 Å². The van der Waals surface area contributed by atoms with Crippen LogP contribution in [0.2, 0.25) is 0 Å². The fraction of sp³-hybridized carbons (Fsp3) is 0.450. The van der Waals surface area contributed by atoms with Gasteiger partial charge in [0, 0.05) is 0 Å². The first-order valence-electron chi connectivity index (χ1n) is 9.40. The molecule has 28 heavy (non-hydrogen) atoms. The SMILES string of the molecule is C[C@@H](C(=O)OCN1C(=O)c2ccccc2C1=O)N1C(=O)[C@H]2CCCC[C@@H]2C1=O. The number of carbonyl (C=O) groups excluding carboxylic acids is 5. The van der Waals surface area contributed by atoms with Crippen molar-refractivity contribution in [1.82, 2.24) is 9.80 Å². The predicted molar refractivity (Wildman–Crippen MR) is 94.7 cm³/mol. The Balaban J connectivity index is 1.42. The number of amides is 4. The van der Waals surface area contributed by atoms with E-state index < -0.39 is 30.6 Å². The standard InChI is InChI=1S/C20H20N2O6/c1-11(22-18(25)14-8-4-5-9-15(14)19(22)26)20(27)28-10-21-16(23)12-6-2-3-7-13(12)17(21)24/h2-3,6-7,11,14-15H,4-5,8-10H2,1H3/t11-,14-,15-/m0/s1. The fourth-order valence-corrected chi connectivity index (χ4v) is 4.28. The molecule has 0 aromatic heterocycles. The van der Waals surface area contributed by atoms with Crippen LogP contribution >= 0.6 is 0 Å². The molecule has 1 aromatic rings. The number of fused-ring (bicyclic) bond motifs is 2. The lowest BCUT2D eigenvalue weighted by molar-refractivity contribution is -0.159. The van der Waals surface area contributed by atoms with Crippen LogP contribution in [0.3, 0.4) is 0 Å². The topological polar surface area (TPSA) is 101 Å². The van der Waals surface area contributed by atoms with Crippen LogP contribution in [0.15, 0.2) is 24.3 Å². The summed E-state index contributed by atoms with van der Waals surface area (Å²) in [7, 11) is 0. The highest BCUT2D eigenvalue weighted by atomic mass is 16.5. The molecule has 0 radical (unpaired) electrons. The molecule has 0 bridgehead atoms. The second kappa shape index (κ2) is 6.85. The Bertz CT molecular complexity index is 835. The number of hydrogen-bond donors (Lipinski definition) is 0. The van der Waals surface area contributed by atoms with Gasteiger partial charge in [0.2, 0.25) is 11.8 Å². The molecule has 3 atom stereocenters. The second-order valence-corrected chi connectivity index (χ2v) is 7.40. The largest absolute Gasteiger partial charge is 0.442 e. The van der Waals surface area contributed by atoms with Gasteiger partial charge in [0.1, 0.15) is 6.04 Å². The van der Waals surface area contributed by atoms with Gasteiger partial charge in [-0.05, 0) is 31.9 Å². The number of imide groups is 2. The van der Waals surface area contributed by atoms with Crippen molar-refractivity contribution in [3.8, 4) is 0 Å². The maximum atomic E-state index is 12.6. The Morgan fingerprint density at radius 2 is 1.50 bits per heavy atom. The number of benzene rings is 1. The number of nitrogens with zero attached hydrogens (tertiary/aromatic N) is 2. The van der Waals surface area contributed by atoms with Gasteiger partial charge >= 0.3 is 5.97 Å². The lowest BCUT2D eigenvalue weighted by Crippen LogP contribution is -2.45. The molecule has 0 unspecified atom stereocenters. The monoisotopic (exact) mass is 384 g/mol. The van der Waals surface area contributed by atoms with Crippen molar-refractivity contribution in [2.45, 2.75) is 38.6 Å². The van der Waals surface area contributed by atoms with Gasteiger partial charge in [0.15, 0.2) is 6.73 Å². The van der Waals surface area contributed by atoms with Crippen molar-refractivity contribution in [3.05, 3.63) is 35.4 Å². The Morgan fingerprint density at radius 3 is 2.00 bits per heavy atom. The zero-order chi connectivity index (χ0) is 20.0. The highest BCUT2D eigenvalue weighted by molar-refractivity contribution is 6.21. The summed E-state index contributed by atoms with van der Waals surface area (Å²) in [5.74, 6) is -3.28. The first kappa shape index (κ1) is 18.3. The maximum Gasteiger partial charge on any atom is 0.330 e. The molecule has 1 saturated carbocycles. The molecule has 2 fully saturated rings. The number of esters is 1. The lowest BCUT2D eigenvalue weighted by atomic mass is 9.81. The average Bonchev–Trinajstić information content (AvgIpc) is 3.11. The molecule has 2 aliphatic heterocycles. The molecule has 1 saturated heterocycles. The van der Waals surface area contributed by atoms with Crippen LogP contribution in [0.5, 0.6) is 0 Å². The number of carbonyl (C=O) groups is 5. The molecule has 146 valence electrons. The number of rotatable bonds is 4. The maximum absolute atomic E-state index is 12.6. The summed E-state index contributed by atoms with van der Waals surface area (Å²) in [5, 5.41) is 0. The lowest BCUT2D eigenvalue weighted by Gasteiger charge is -2.22. The number of hydrogen-bond acceptors (Lipinski definition) is 6. The normalized spacial score (nSPS) is 25.0. The molecular formula is C20H20N2O6. The van der Waals surface area contributed by atoms with Gasteiger partial charge in [-0.3, -0.25) is 24.1 Å². The van der Waals surface area contributed by atoms with Crippen LogP contribution in [0.25, 0.3) is 0 Å². The van der Waals surface area contributed by atoms with Crippen molar-refractivity contribution in [2.24, 2.45) is 11.8 Å². The summed E-state index contributed by atoms with van der Waals surface area (Å²) in [4.78, 5) is 64.1. The molecule has 4 rings (SSSR count). The highest BCUT2D eigenvalue weighted by Gasteiger charge is 2.51. The van der Waals surface area contributed by atoms with Crippen molar-refractivity contribution >= 4 is 29.6 Å². The molecule has 1 aromatic carbocycles. The minimum atomic E-state index is -1.10. The molecule has 8 nitrogen and oxygen atoms in total. The Hall–Kier alpha value is -3.03. The first-order chi connectivity index (χ1) is 13.4. The molecule has 1 aliphatic carbocycles. The summed E-state index contributed by atoms with van der Waals surface area (Å²) < 4.78 is 5.12. The van der Waals surface area contributed by atoms with Gasteiger partial charge in [0.05, 0.1) is 23.0 Å². The minimum absolute atomic E-state index is 0.255. The molecule has 0 spiro atoms. The fourth-order valence-electron chi connectivity index (χ4n) is 4.28. The molecule has 2 heterocycles. The second-order valence-electron chi connectivity index (χ2n) is 7.40. The van der Waals surface area contributed by atoms with Gasteiger partial charge in [0.25, 0.3) is 11.8 Å². The third-order valence-electron chi connectivity index (χ3n) is 5.82. The van der Waals surface area contributed by atoms with Gasteiger partial charge in [-0.2, -0.15) is 0 Å². The van der Waals surface area contributed by atoms with E-state index >= 15 is 0 Å². The zero-order valence-electron chi connectivity index (χ0n) is 15.4. The van der Waals surface area contributed by atoms with E-state index in [4.69, 9.17) is 4.74 Å². The first-order valence-corrected chi connectivity index (χ1v) is 9.40. The van der Waals surface area contributed by atoms with Crippen LogP contribution in [0, 0.1) is 11.8 Å². The van der Waals surface area contributed by atoms with Crippen LogP contribution in [-0.4, -0.2) is 52.2 Å². The van der Waals surface area contributed by atoms with Gasteiger partial charge in [-0.15, -0.1) is 0 Å². The van der Waals surface area contributed by atoms with E-state index in [2.05, 4.69) is 0 Å². The van der Waals surface area contributed by atoms with E-state index in [1.165, 1.54) is 19.1 Å². The molecule has 4 amide bonds. The summed E-state index contributed by atoms with van der Waals surface area (Å²) in [5.41, 5.74) is 0.510. The van der Waals surface area contributed by atoms with E-state index in [-0.39, 0.29) is 34.8 Å². The zero-order valence-corrected chi connectivity index (χ0v) is 15.4. The van der Waals surface area contributed by atoms with Crippen LogP contribution in [0.4, 0.5) is 0 Å². The molecular weight excluding hydrogens is 364 g/mol. The smallest absolute Gasteiger partial charge is 0.330 e. The summed E-state index contributed by atoms with van der Waals surface area (Å²) in [6, 6.07) is 5.25. The van der Waals surface area contributed by atoms with E-state index in [0.29, 0.717) is 12.8 Å².